The highest BCUT2D eigenvalue weighted by molar-refractivity contribution is 8.26. The normalized spacial score (nSPS) is 14.5. The molecule has 1 saturated heterocycles. The summed E-state index contributed by atoms with van der Waals surface area (Å²) in [5.74, 6) is -0.0988. The van der Waals surface area contributed by atoms with E-state index >= 15 is 0 Å². The van der Waals surface area contributed by atoms with Gasteiger partial charge >= 0.3 is 0 Å². The van der Waals surface area contributed by atoms with Gasteiger partial charge in [-0.1, -0.05) is 102 Å². The first-order valence-electron chi connectivity index (χ1n) is 10.2. The standard InChI is InChI=1S/C25H18Cl2N2O3S2/c26-18-10-6-11-19(23(18)27)28-22(30)15-32-20-12-5-4-9-17(20)13-21-24(31)29(25(33)34-21)14-16-7-2-1-3-8-16/h1-13H,14-15H2,(H,28,30)/b21-13-. The Hall–Kier alpha value is -2.84. The van der Waals surface area contributed by atoms with Crippen LogP contribution in [0.4, 0.5) is 5.69 Å². The lowest BCUT2D eigenvalue weighted by Crippen LogP contribution is -2.27. The van der Waals surface area contributed by atoms with E-state index in [1.165, 1.54) is 11.8 Å². The number of thioether (sulfide) groups is 1. The van der Waals surface area contributed by atoms with Gasteiger partial charge in [-0.3, -0.25) is 14.5 Å². The molecule has 34 heavy (non-hydrogen) atoms. The molecule has 1 fully saturated rings. The van der Waals surface area contributed by atoms with Gasteiger partial charge in [-0.15, -0.1) is 0 Å². The van der Waals surface area contributed by atoms with Crippen molar-refractivity contribution in [2.45, 2.75) is 6.54 Å². The molecule has 1 aliphatic rings. The number of rotatable bonds is 7. The van der Waals surface area contributed by atoms with Crippen LogP contribution in [0.25, 0.3) is 6.08 Å². The van der Waals surface area contributed by atoms with Crippen LogP contribution in [0.3, 0.4) is 0 Å². The van der Waals surface area contributed by atoms with Crippen LogP contribution in [0.2, 0.25) is 10.0 Å². The molecular weight excluding hydrogens is 511 g/mol. The molecule has 172 valence electrons. The van der Waals surface area contributed by atoms with Crippen molar-refractivity contribution in [3.05, 3.63) is 98.9 Å². The van der Waals surface area contributed by atoms with Crippen LogP contribution in [-0.2, 0) is 16.1 Å². The predicted octanol–water partition coefficient (Wildman–Crippen LogP) is 6.41. The van der Waals surface area contributed by atoms with Crippen molar-refractivity contribution < 1.29 is 14.3 Å². The van der Waals surface area contributed by atoms with Gasteiger partial charge in [-0.25, -0.2) is 0 Å². The molecule has 5 nitrogen and oxygen atoms in total. The van der Waals surface area contributed by atoms with Crippen molar-refractivity contribution in [3.63, 3.8) is 0 Å². The van der Waals surface area contributed by atoms with Crippen molar-refractivity contribution in [2.24, 2.45) is 0 Å². The van der Waals surface area contributed by atoms with Crippen LogP contribution in [0.15, 0.2) is 77.7 Å². The number of benzene rings is 3. The summed E-state index contributed by atoms with van der Waals surface area (Å²) in [5.41, 5.74) is 2.06. The van der Waals surface area contributed by atoms with Crippen LogP contribution in [0.5, 0.6) is 5.75 Å². The minimum absolute atomic E-state index is 0.165. The first kappa shape index (κ1) is 24.3. The van der Waals surface area contributed by atoms with Crippen LogP contribution < -0.4 is 10.1 Å². The Morgan fingerprint density at radius 3 is 2.56 bits per heavy atom. The van der Waals surface area contributed by atoms with Gasteiger partial charge in [0.15, 0.2) is 6.61 Å². The van der Waals surface area contributed by atoms with Crippen LogP contribution in [0, 0.1) is 0 Å². The molecule has 0 aromatic heterocycles. The first-order valence-corrected chi connectivity index (χ1v) is 12.2. The van der Waals surface area contributed by atoms with Gasteiger partial charge in [-0.2, -0.15) is 0 Å². The molecule has 9 heteroatoms. The third-order valence-electron chi connectivity index (χ3n) is 4.85. The van der Waals surface area contributed by atoms with Crippen LogP contribution >= 0.6 is 47.2 Å². The average Bonchev–Trinajstić information content (AvgIpc) is 3.09. The van der Waals surface area contributed by atoms with Crippen molar-refractivity contribution in [1.82, 2.24) is 4.90 Å². The minimum atomic E-state index is -0.395. The Morgan fingerprint density at radius 1 is 1.03 bits per heavy atom. The zero-order valence-corrected chi connectivity index (χ0v) is 20.8. The summed E-state index contributed by atoms with van der Waals surface area (Å²) in [7, 11) is 0. The smallest absolute Gasteiger partial charge is 0.266 e. The summed E-state index contributed by atoms with van der Waals surface area (Å²) in [6.45, 7) is 0.163. The molecule has 2 amide bonds. The van der Waals surface area contributed by atoms with E-state index in [9.17, 15) is 9.59 Å². The van der Waals surface area contributed by atoms with Gasteiger partial charge in [0.05, 0.1) is 27.2 Å². The zero-order chi connectivity index (χ0) is 24.1. The molecule has 3 aromatic rings. The fraction of sp³-hybridized carbons (Fsp3) is 0.0800. The van der Waals surface area contributed by atoms with Gasteiger partial charge in [0.25, 0.3) is 11.8 Å². The molecule has 3 aromatic carbocycles. The molecule has 0 atom stereocenters. The van der Waals surface area contributed by atoms with E-state index in [1.54, 1.807) is 41.3 Å². The third-order valence-corrected chi connectivity index (χ3v) is 7.04. The van der Waals surface area contributed by atoms with Gasteiger partial charge in [0, 0.05) is 5.56 Å². The lowest BCUT2D eigenvalue weighted by atomic mass is 10.1. The number of anilines is 1. The van der Waals surface area contributed by atoms with Crippen LogP contribution in [-0.4, -0.2) is 27.6 Å². The van der Waals surface area contributed by atoms with E-state index in [0.29, 0.717) is 37.8 Å². The van der Waals surface area contributed by atoms with Gasteiger partial charge in [0.1, 0.15) is 10.1 Å². The number of carbonyl (C=O) groups is 2. The van der Waals surface area contributed by atoms with Gasteiger partial charge < -0.3 is 10.1 Å². The summed E-state index contributed by atoms with van der Waals surface area (Å²) in [4.78, 5) is 27.4. The number of hydrogen-bond donors (Lipinski definition) is 1. The second-order valence-corrected chi connectivity index (χ2v) is 9.69. The fourth-order valence-electron chi connectivity index (χ4n) is 3.20. The summed E-state index contributed by atoms with van der Waals surface area (Å²) < 4.78 is 6.23. The number of ether oxygens (including phenoxy) is 1. The Morgan fingerprint density at radius 2 is 1.76 bits per heavy atom. The van der Waals surface area contributed by atoms with E-state index in [0.717, 1.165) is 5.56 Å². The molecule has 1 heterocycles. The lowest BCUT2D eigenvalue weighted by molar-refractivity contribution is -0.122. The Balaban J connectivity index is 1.45. The number of thiocarbonyl (C=S) groups is 1. The fourth-order valence-corrected chi connectivity index (χ4v) is 4.80. The minimum Gasteiger partial charge on any atom is -0.483 e. The molecular formula is C25H18Cl2N2O3S2. The number of hydrogen-bond acceptors (Lipinski definition) is 5. The van der Waals surface area contributed by atoms with Crippen LogP contribution in [0.1, 0.15) is 11.1 Å². The highest BCUT2D eigenvalue weighted by Gasteiger charge is 2.32. The summed E-state index contributed by atoms with van der Waals surface area (Å²) >= 11 is 18.8. The molecule has 0 saturated carbocycles. The molecule has 0 spiro atoms. The van der Waals surface area contributed by atoms with Crippen molar-refractivity contribution in [2.75, 3.05) is 11.9 Å². The number of para-hydroxylation sites is 1. The molecule has 0 unspecified atom stereocenters. The topological polar surface area (TPSA) is 58.6 Å². The number of halogens is 2. The number of amides is 2. The molecule has 1 aliphatic heterocycles. The zero-order valence-electron chi connectivity index (χ0n) is 17.7. The predicted molar refractivity (Wildman–Crippen MR) is 142 cm³/mol. The number of nitrogens with one attached hydrogen (secondary N) is 1. The maximum absolute atomic E-state index is 13.0. The Kier molecular flexibility index (Phi) is 7.90. The highest BCUT2D eigenvalue weighted by atomic mass is 35.5. The largest absolute Gasteiger partial charge is 0.483 e. The van der Waals surface area contributed by atoms with E-state index < -0.39 is 5.91 Å². The van der Waals surface area contributed by atoms with Crippen molar-refractivity contribution >= 4 is 75.1 Å². The quantitative estimate of drug-likeness (QED) is 0.283. The van der Waals surface area contributed by atoms with Gasteiger partial charge in [0.2, 0.25) is 0 Å². The number of carbonyl (C=O) groups excluding carboxylic acids is 2. The third kappa shape index (κ3) is 5.80. The molecule has 0 bridgehead atoms. The summed E-state index contributed by atoms with van der Waals surface area (Å²) in [6, 6.07) is 21.8. The monoisotopic (exact) mass is 528 g/mol. The molecule has 1 N–H and O–H groups in total. The Bertz CT molecular complexity index is 1280. The van der Waals surface area contributed by atoms with E-state index in [4.69, 9.17) is 40.2 Å². The average molecular weight is 529 g/mol. The summed E-state index contributed by atoms with van der Waals surface area (Å²) in [6.07, 6.45) is 1.73. The second kappa shape index (κ2) is 11.1. The molecule has 4 rings (SSSR count). The van der Waals surface area contributed by atoms with Crippen molar-refractivity contribution in [3.8, 4) is 5.75 Å². The first-order chi connectivity index (χ1) is 16.4. The van der Waals surface area contributed by atoms with E-state index in [1.807, 2.05) is 42.5 Å². The number of nitrogens with zero attached hydrogens (tertiary/aromatic N) is 1. The molecule has 0 radical (unpaired) electrons. The SMILES string of the molecule is O=C(COc1ccccc1/C=C1\SC(=S)N(Cc2ccccc2)C1=O)Nc1cccc(Cl)c1Cl. The summed E-state index contributed by atoms with van der Waals surface area (Å²) in [5, 5.41) is 3.28. The van der Waals surface area contributed by atoms with E-state index in [-0.39, 0.29) is 17.5 Å². The van der Waals surface area contributed by atoms with Gasteiger partial charge in [-0.05, 0) is 29.8 Å². The maximum Gasteiger partial charge on any atom is 0.266 e. The maximum atomic E-state index is 13.0. The Labute approximate surface area is 216 Å². The second-order valence-electron chi connectivity index (χ2n) is 7.23. The highest BCUT2D eigenvalue weighted by Crippen LogP contribution is 2.35. The molecule has 0 aliphatic carbocycles. The van der Waals surface area contributed by atoms with E-state index in [2.05, 4.69) is 5.32 Å². The van der Waals surface area contributed by atoms with Crippen molar-refractivity contribution in [1.29, 1.82) is 0 Å². The lowest BCUT2D eigenvalue weighted by Gasteiger charge is -2.14.